The van der Waals surface area contributed by atoms with Crippen molar-refractivity contribution in [2.24, 2.45) is 0 Å². The van der Waals surface area contributed by atoms with Gasteiger partial charge in [0.15, 0.2) is 0 Å². The minimum absolute atomic E-state index is 0. The zero-order chi connectivity index (χ0) is 10.3. The van der Waals surface area contributed by atoms with E-state index in [-0.39, 0.29) is 18.9 Å². The maximum Gasteiger partial charge on any atom is 0.0208 e. The molecule has 2 rings (SSSR count). The van der Waals surface area contributed by atoms with Crippen LogP contribution in [0.5, 0.6) is 0 Å². The van der Waals surface area contributed by atoms with Crippen LogP contribution in [0, 0.1) is 0 Å². The summed E-state index contributed by atoms with van der Waals surface area (Å²) < 4.78 is 0. The Kier molecular flexibility index (Phi) is 5.96. The average Bonchev–Trinajstić information content (AvgIpc) is 2.32. The molecule has 0 spiro atoms. The van der Waals surface area contributed by atoms with Gasteiger partial charge in [-0.25, -0.2) is 0 Å². The van der Waals surface area contributed by atoms with Gasteiger partial charge in [-0.3, -0.25) is 0 Å². The van der Waals surface area contributed by atoms with Gasteiger partial charge in [0.1, 0.15) is 0 Å². The van der Waals surface area contributed by atoms with Crippen molar-refractivity contribution in [2.45, 2.75) is 13.1 Å². The summed E-state index contributed by atoms with van der Waals surface area (Å²) in [6.07, 6.45) is 0. The third kappa shape index (κ3) is 4.24. The van der Waals surface area contributed by atoms with Crippen LogP contribution in [0.1, 0.15) is 11.1 Å². The first kappa shape index (κ1) is 13.1. The predicted molar refractivity (Wildman–Crippen MR) is 69.2 cm³/mol. The summed E-state index contributed by atoms with van der Waals surface area (Å²) >= 11 is 0. The number of rotatable bonds is 4. The van der Waals surface area contributed by atoms with E-state index in [9.17, 15) is 0 Å². The first-order valence-electron chi connectivity index (χ1n) is 5.24. The molecular formula is C14H15LiN. The maximum atomic E-state index is 3.42. The van der Waals surface area contributed by atoms with E-state index < -0.39 is 0 Å². The van der Waals surface area contributed by atoms with Gasteiger partial charge < -0.3 is 5.32 Å². The van der Waals surface area contributed by atoms with Crippen LogP contribution in [0.3, 0.4) is 0 Å². The van der Waals surface area contributed by atoms with E-state index in [1.165, 1.54) is 11.1 Å². The minimum atomic E-state index is 0. The van der Waals surface area contributed by atoms with Crippen LogP contribution < -0.4 is 5.32 Å². The molecule has 16 heavy (non-hydrogen) atoms. The fraction of sp³-hybridized carbons (Fsp3) is 0.143. The number of benzene rings is 2. The van der Waals surface area contributed by atoms with Crippen LogP contribution in [0.25, 0.3) is 0 Å². The van der Waals surface area contributed by atoms with Crippen molar-refractivity contribution in [1.82, 2.24) is 5.32 Å². The second kappa shape index (κ2) is 7.30. The Labute approximate surface area is 109 Å². The van der Waals surface area contributed by atoms with E-state index in [4.69, 9.17) is 0 Å². The zero-order valence-corrected chi connectivity index (χ0v) is 9.69. The molecule has 2 aromatic carbocycles. The summed E-state index contributed by atoms with van der Waals surface area (Å²) in [4.78, 5) is 0. The van der Waals surface area contributed by atoms with E-state index >= 15 is 0 Å². The molecule has 1 nitrogen and oxygen atoms in total. The van der Waals surface area contributed by atoms with Gasteiger partial charge in [-0.05, 0) is 11.1 Å². The molecule has 0 amide bonds. The van der Waals surface area contributed by atoms with Gasteiger partial charge in [0, 0.05) is 32.0 Å². The smallest absolute Gasteiger partial charge is 0.0208 e. The standard InChI is InChI=1S/C14H15N.Li/c1-3-7-13(8-4-1)11-15-12-14-9-5-2-6-10-14;/h1-10,15H,11-12H2;. The molecule has 0 saturated heterocycles. The van der Waals surface area contributed by atoms with Crippen LogP contribution >= 0.6 is 0 Å². The van der Waals surface area contributed by atoms with E-state index in [0.717, 1.165) is 13.1 Å². The van der Waals surface area contributed by atoms with Crippen molar-refractivity contribution in [3.05, 3.63) is 71.8 Å². The van der Waals surface area contributed by atoms with Gasteiger partial charge in [0.2, 0.25) is 0 Å². The van der Waals surface area contributed by atoms with Crippen molar-refractivity contribution in [2.75, 3.05) is 0 Å². The summed E-state index contributed by atoms with van der Waals surface area (Å²) in [6.45, 7) is 1.85. The predicted octanol–water partition coefficient (Wildman–Crippen LogP) is 2.60. The average molecular weight is 204 g/mol. The molecule has 2 heteroatoms. The molecule has 2 aromatic rings. The quantitative estimate of drug-likeness (QED) is 0.755. The van der Waals surface area contributed by atoms with Gasteiger partial charge in [-0.1, -0.05) is 60.7 Å². The monoisotopic (exact) mass is 204 g/mol. The Morgan fingerprint density at radius 1 is 0.625 bits per heavy atom. The molecule has 1 N–H and O–H groups in total. The fourth-order valence-corrected chi connectivity index (χ4v) is 1.54. The second-order valence-corrected chi connectivity index (χ2v) is 3.57. The van der Waals surface area contributed by atoms with Gasteiger partial charge in [0.25, 0.3) is 0 Å². The second-order valence-electron chi connectivity index (χ2n) is 3.57. The molecule has 0 unspecified atom stereocenters. The first-order valence-corrected chi connectivity index (χ1v) is 5.24. The number of hydrogen-bond acceptors (Lipinski definition) is 1. The van der Waals surface area contributed by atoms with Crippen molar-refractivity contribution in [3.8, 4) is 0 Å². The molecular weight excluding hydrogens is 189 g/mol. The molecule has 0 atom stereocenters. The van der Waals surface area contributed by atoms with Gasteiger partial charge in [-0.15, -0.1) is 0 Å². The topological polar surface area (TPSA) is 12.0 Å². The van der Waals surface area contributed by atoms with Crippen molar-refractivity contribution < 1.29 is 0 Å². The Bertz CT molecular complexity index is 346. The molecule has 0 fully saturated rings. The van der Waals surface area contributed by atoms with Gasteiger partial charge in [0.05, 0.1) is 0 Å². The molecule has 0 aliphatic carbocycles. The summed E-state index contributed by atoms with van der Waals surface area (Å²) in [6, 6.07) is 20.9. The first-order chi connectivity index (χ1) is 7.45. The molecule has 1 radical (unpaired) electrons. The fourth-order valence-electron chi connectivity index (χ4n) is 1.54. The van der Waals surface area contributed by atoms with Crippen LogP contribution in [0.2, 0.25) is 0 Å². The SMILES string of the molecule is [Li].c1ccc(CNCc2ccccc2)cc1. The van der Waals surface area contributed by atoms with Crippen molar-refractivity contribution in [1.29, 1.82) is 0 Å². The molecule has 0 heterocycles. The van der Waals surface area contributed by atoms with Crippen LogP contribution in [0.4, 0.5) is 0 Å². The van der Waals surface area contributed by atoms with Crippen molar-refractivity contribution in [3.63, 3.8) is 0 Å². The summed E-state index contributed by atoms with van der Waals surface area (Å²) in [5.74, 6) is 0. The van der Waals surface area contributed by atoms with Gasteiger partial charge in [-0.2, -0.15) is 0 Å². The third-order valence-corrected chi connectivity index (χ3v) is 2.34. The Morgan fingerprint density at radius 3 is 1.38 bits per heavy atom. The Hall–Kier alpha value is -1.00. The number of nitrogens with one attached hydrogen (secondary N) is 1. The maximum absolute atomic E-state index is 3.42. The molecule has 0 bridgehead atoms. The molecule has 77 valence electrons. The largest absolute Gasteiger partial charge is 0.309 e. The van der Waals surface area contributed by atoms with Crippen LogP contribution in [-0.4, -0.2) is 18.9 Å². The molecule has 0 aliphatic heterocycles. The van der Waals surface area contributed by atoms with Crippen molar-refractivity contribution >= 4 is 18.9 Å². The van der Waals surface area contributed by atoms with E-state index in [1.54, 1.807) is 0 Å². The molecule has 0 aromatic heterocycles. The van der Waals surface area contributed by atoms with Crippen LogP contribution in [0.15, 0.2) is 60.7 Å². The summed E-state index contributed by atoms with van der Waals surface area (Å²) in [5.41, 5.74) is 2.65. The Balaban J connectivity index is 0.00000128. The molecule has 0 aliphatic rings. The summed E-state index contributed by atoms with van der Waals surface area (Å²) in [5, 5.41) is 3.42. The minimum Gasteiger partial charge on any atom is -0.309 e. The van der Waals surface area contributed by atoms with E-state index in [1.807, 2.05) is 12.1 Å². The molecule has 0 saturated carbocycles. The van der Waals surface area contributed by atoms with E-state index in [0.29, 0.717) is 0 Å². The van der Waals surface area contributed by atoms with Crippen LogP contribution in [-0.2, 0) is 13.1 Å². The summed E-state index contributed by atoms with van der Waals surface area (Å²) in [7, 11) is 0. The third-order valence-electron chi connectivity index (χ3n) is 2.34. The number of hydrogen-bond donors (Lipinski definition) is 1. The van der Waals surface area contributed by atoms with Gasteiger partial charge >= 0.3 is 0 Å². The Morgan fingerprint density at radius 2 is 1.00 bits per heavy atom. The normalized spacial score (nSPS) is 9.50. The zero-order valence-electron chi connectivity index (χ0n) is 9.69. The van der Waals surface area contributed by atoms with E-state index in [2.05, 4.69) is 53.8 Å².